The Morgan fingerprint density at radius 1 is 1.18 bits per heavy atom. The van der Waals surface area contributed by atoms with Crippen LogP contribution in [-0.2, 0) is 9.59 Å². The largest absolute Gasteiger partial charge is 0.351 e. The Balaban J connectivity index is 1.58. The number of anilines is 2. The summed E-state index contributed by atoms with van der Waals surface area (Å²) in [7, 11) is 0. The molecule has 1 aromatic heterocycles. The number of amides is 2. The summed E-state index contributed by atoms with van der Waals surface area (Å²) in [5.74, 6) is -3.83. The molecule has 1 saturated carbocycles. The van der Waals surface area contributed by atoms with Crippen molar-refractivity contribution in [1.29, 1.82) is 5.26 Å². The van der Waals surface area contributed by atoms with E-state index in [9.17, 15) is 28.0 Å². The van der Waals surface area contributed by atoms with E-state index in [1.54, 1.807) is 40.7 Å². The van der Waals surface area contributed by atoms with Crippen LogP contribution in [0.1, 0.15) is 36.4 Å². The van der Waals surface area contributed by atoms with Gasteiger partial charge >= 0.3 is 0 Å². The van der Waals surface area contributed by atoms with Gasteiger partial charge in [0.15, 0.2) is 0 Å². The Bertz CT molecular complexity index is 1480. The molecule has 2 heterocycles. The third-order valence-electron chi connectivity index (χ3n) is 6.76. The minimum Gasteiger partial charge on any atom is -0.351 e. The SMILES string of the molecule is N#Cc1ccnc(N2SCC[C@H]2C(=O)N(c2cccc(F)c2)[C@@H](C(=O)NC2CC(F)(F)C2)c2ccccc2Cl)c1. The molecule has 2 fully saturated rings. The number of rotatable bonds is 7. The number of nitrogens with zero attached hydrogens (tertiary/aromatic N) is 4. The molecule has 1 saturated heterocycles. The maximum atomic E-state index is 14.5. The fraction of sp³-hybridized carbons (Fsp3) is 0.286. The molecule has 2 aliphatic rings. The Labute approximate surface area is 238 Å². The molecule has 0 spiro atoms. The molecule has 0 radical (unpaired) electrons. The van der Waals surface area contributed by atoms with Gasteiger partial charge in [-0.15, -0.1) is 0 Å². The average molecular weight is 586 g/mol. The molecule has 0 unspecified atom stereocenters. The van der Waals surface area contributed by atoms with Gasteiger partial charge in [0.1, 0.15) is 23.7 Å². The number of alkyl halides is 2. The molecule has 5 rings (SSSR count). The quantitative estimate of drug-likeness (QED) is 0.360. The van der Waals surface area contributed by atoms with E-state index in [4.69, 9.17) is 11.6 Å². The molecule has 2 atom stereocenters. The van der Waals surface area contributed by atoms with Crippen molar-refractivity contribution in [3.8, 4) is 6.07 Å². The molecule has 2 amide bonds. The topological polar surface area (TPSA) is 89.3 Å². The highest BCUT2D eigenvalue weighted by Crippen LogP contribution is 2.40. The molecule has 7 nitrogen and oxygen atoms in total. The number of carbonyl (C=O) groups is 2. The van der Waals surface area contributed by atoms with Gasteiger partial charge in [0.2, 0.25) is 5.91 Å². The van der Waals surface area contributed by atoms with Crippen LogP contribution < -0.4 is 14.5 Å². The first-order chi connectivity index (χ1) is 19.2. The van der Waals surface area contributed by atoms with Gasteiger partial charge in [0, 0.05) is 47.1 Å². The van der Waals surface area contributed by atoms with Crippen LogP contribution in [0.25, 0.3) is 0 Å². The zero-order chi connectivity index (χ0) is 28.4. The fourth-order valence-electron chi connectivity index (χ4n) is 4.86. The van der Waals surface area contributed by atoms with E-state index in [0.717, 1.165) is 6.07 Å². The van der Waals surface area contributed by atoms with Crippen molar-refractivity contribution in [2.75, 3.05) is 15.0 Å². The second-order valence-corrected chi connectivity index (χ2v) is 11.0. The molecule has 0 bridgehead atoms. The highest BCUT2D eigenvalue weighted by atomic mass is 35.5. The predicted octanol–water partition coefficient (Wildman–Crippen LogP) is 5.66. The highest BCUT2D eigenvalue weighted by molar-refractivity contribution is 8.01. The van der Waals surface area contributed by atoms with Crippen LogP contribution >= 0.6 is 23.5 Å². The smallest absolute Gasteiger partial charge is 0.252 e. The van der Waals surface area contributed by atoms with Gasteiger partial charge in [-0.1, -0.05) is 35.9 Å². The van der Waals surface area contributed by atoms with E-state index in [2.05, 4.69) is 16.4 Å². The normalized spacial score (nSPS) is 18.9. The number of aromatic nitrogens is 1. The van der Waals surface area contributed by atoms with Gasteiger partial charge in [0.25, 0.3) is 11.8 Å². The van der Waals surface area contributed by atoms with Gasteiger partial charge in [-0.25, -0.2) is 18.2 Å². The first-order valence-electron chi connectivity index (χ1n) is 12.5. The minimum atomic E-state index is -2.87. The van der Waals surface area contributed by atoms with Gasteiger partial charge in [-0.2, -0.15) is 5.26 Å². The number of halogens is 4. The van der Waals surface area contributed by atoms with Gasteiger partial charge in [0.05, 0.1) is 11.6 Å². The fourth-order valence-corrected chi connectivity index (χ4v) is 6.23. The summed E-state index contributed by atoms with van der Waals surface area (Å²) in [5, 5.41) is 12.2. The van der Waals surface area contributed by atoms with Crippen molar-refractivity contribution in [3.63, 3.8) is 0 Å². The molecule has 12 heteroatoms. The van der Waals surface area contributed by atoms with Crippen LogP contribution in [-0.4, -0.2) is 40.6 Å². The third kappa shape index (κ3) is 5.74. The summed E-state index contributed by atoms with van der Waals surface area (Å²) in [6, 6.07) is 13.8. The average Bonchev–Trinajstić information content (AvgIpc) is 3.41. The molecule has 1 aliphatic heterocycles. The van der Waals surface area contributed by atoms with Gasteiger partial charge in [-0.3, -0.25) is 18.8 Å². The lowest BCUT2D eigenvalue weighted by molar-refractivity contribution is -0.133. The molecule has 2 aromatic carbocycles. The van der Waals surface area contributed by atoms with Crippen molar-refractivity contribution >= 4 is 46.9 Å². The van der Waals surface area contributed by atoms with E-state index in [-0.39, 0.29) is 16.3 Å². The van der Waals surface area contributed by atoms with Crippen LogP contribution in [0.5, 0.6) is 0 Å². The molecule has 1 aliphatic carbocycles. The Morgan fingerprint density at radius 3 is 2.65 bits per heavy atom. The van der Waals surface area contributed by atoms with E-state index < -0.39 is 54.5 Å². The van der Waals surface area contributed by atoms with Crippen molar-refractivity contribution in [2.24, 2.45) is 0 Å². The van der Waals surface area contributed by atoms with Gasteiger partial charge in [-0.05, 0) is 54.8 Å². The van der Waals surface area contributed by atoms with Crippen molar-refractivity contribution < 1.29 is 22.8 Å². The van der Waals surface area contributed by atoms with Gasteiger partial charge < -0.3 is 5.32 Å². The molecule has 40 heavy (non-hydrogen) atoms. The number of benzene rings is 2. The van der Waals surface area contributed by atoms with Crippen LogP contribution in [0.15, 0.2) is 66.9 Å². The Kier molecular flexibility index (Phi) is 7.92. The Morgan fingerprint density at radius 2 is 1.95 bits per heavy atom. The number of carbonyl (C=O) groups excluding carboxylic acids is 2. The summed E-state index contributed by atoms with van der Waals surface area (Å²) in [6.07, 6.45) is 0.804. The second-order valence-electron chi connectivity index (χ2n) is 9.56. The number of nitriles is 1. The van der Waals surface area contributed by atoms with Crippen LogP contribution in [0.3, 0.4) is 0 Å². The number of hydrogen-bond donors (Lipinski definition) is 1. The zero-order valence-electron chi connectivity index (χ0n) is 20.9. The molecular formula is C28H23ClF3N5O2S. The Hall–Kier alpha value is -3.75. The second kappa shape index (κ2) is 11.4. The maximum absolute atomic E-state index is 14.5. The summed E-state index contributed by atoms with van der Waals surface area (Å²) >= 11 is 7.85. The monoisotopic (exact) mass is 585 g/mol. The predicted molar refractivity (Wildman–Crippen MR) is 146 cm³/mol. The van der Waals surface area contributed by atoms with E-state index in [1.165, 1.54) is 41.2 Å². The summed E-state index contributed by atoms with van der Waals surface area (Å²) < 4.78 is 43.3. The van der Waals surface area contributed by atoms with E-state index in [0.29, 0.717) is 23.6 Å². The van der Waals surface area contributed by atoms with Crippen LogP contribution in [0.4, 0.5) is 24.7 Å². The first kappa shape index (κ1) is 27.8. The lowest BCUT2D eigenvalue weighted by Crippen LogP contribution is -2.55. The van der Waals surface area contributed by atoms with Crippen molar-refractivity contribution in [1.82, 2.24) is 10.3 Å². The number of hydrogen-bond acceptors (Lipinski definition) is 6. The first-order valence-corrected chi connectivity index (χ1v) is 13.8. The van der Waals surface area contributed by atoms with Crippen LogP contribution in [0, 0.1) is 17.1 Å². The standard InChI is InChI=1S/C28H23ClF3N5O2S/c29-22-7-2-1-6-21(22)25(26(38)35-19-14-28(31,32)15-19)36(20-5-3-4-18(30)13-20)27(39)23-9-11-40-37(23)24-12-17(16-33)8-10-34-24/h1-8,10,12-13,19,23,25H,9,11,14-15H2,(H,35,38)/t23-,25+/m0/s1. The van der Waals surface area contributed by atoms with E-state index in [1.807, 2.05) is 0 Å². The summed E-state index contributed by atoms with van der Waals surface area (Å²) in [6.45, 7) is 0. The number of pyridine rings is 1. The lowest BCUT2D eigenvalue weighted by Gasteiger charge is -2.39. The van der Waals surface area contributed by atoms with Crippen molar-refractivity contribution in [2.45, 2.75) is 43.3 Å². The molecular weight excluding hydrogens is 563 g/mol. The third-order valence-corrected chi connectivity index (χ3v) is 8.24. The molecule has 206 valence electrons. The lowest BCUT2D eigenvalue weighted by atomic mass is 9.87. The maximum Gasteiger partial charge on any atom is 0.252 e. The minimum absolute atomic E-state index is 0.0968. The summed E-state index contributed by atoms with van der Waals surface area (Å²) in [4.78, 5) is 33.7. The van der Waals surface area contributed by atoms with Crippen molar-refractivity contribution in [3.05, 3.63) is 88.8 Å². The zero-order valence-corrected chi connectivity index (χ0v) is 22.5. The molecule has 1 N–H and O–H groups in total. The molecule has 3 aromatic rings. The van der Waals surface area contributed by atoms with E-state index >= 15 is 0 Å². The summed E-state index contributed by atoms with van der Waals surface area (Å²) in [5.41, 5.74) is 0.711. The number of nitrogens with one attached hydrogen (secondary N) is 1. The highest BCUT2D eigenvalue weighted by Gasteiger charge is 2.48. The van der Waals surface area contributed by atoms with Crippen LogP contribution in [0.2, 0.25) is 5.02 Å².